The number of hydrazone groups is 1. The fraction of sp³-hybridized carbons (Fsp3) is 0.100. The number of fused-ring (bicyclic) bond motifs is 1. The lowest BCUT2D eigenvalue weighted by Crippen LogP contribution is -2.36. The van der Waals surface area contributed by atoms with Crippen molar-refractivity contribution in [2.75, 3.05) is 13.6 Å². The van der Waals surface area contributed by atoms with Gasteiger partial charge in [0.1, 0.15) is 0 Å². The van der Waals surface area contributed by atoms with Crippen LogP contribution in [0.4, 0.5) is 0 Å². The highest BCUT2D eigenvalue weighted by Gasteiger charge is 2.22. The molecule has 28 heavy (non-hydrogen) atoms. The number of carbonyl (C=O) groups is 1. The first-order valence-corrected chi connectivity index (χ1v) is 10.6. The van der Waals surface area contributed by atoms with Gasteiger partial charge in [-0.15, -0.1) is 0 Å². The van der Waals surface area contributed by atoms with Gasteiger partial charge < -0.3 is 0 Å². The van der Waals surface area contributed by atoms with Gasteiger partial charge in [-0.1, -0.05) is 58.4 Å². The second-order valence-electron chi connectivity index (χ2n) is 6.08. The largest absolute Gasteiger partial charge is 0.272 e. The highest BCUT2D eigenvalue weighted by molar-refractivity contribution is 9.10. The minimum atomic E-state index is -3.76. The molecule has 3 rings (SSSR count). The Labute approximate surface area is 172 Å². The highest BCUT2D eigenvalue weighted by Crippen LogP contribution is 2.18. The number of sulfonamides is 1. The molecule has 0 atom stereocenters. The Balaban J connectivity index is 1.65. The maximum absolute atomic E-state index is 12.5. The van der Waals surface area contributed by atoms with Crippen LogP contribution in [-0.2, 0) is 14.8 Å². The Hall–Kier alpha value is -2.55. The van der Waals surface area contributed by atoms with E-state index in [1.165, 1.54) is 19.2 Å². The molecule has 0 spiro atoms. The van der Waals surface area contributed by atoms with Crippen molar-refractivity contribution in [1.29, 1.82) is 0 Å². The summed E-state index contributed by atoms with van der Waals surface area (Å²) < 4.78 is 26.8. The summed E-state index contributed by atoms with van der Waals surface area (Å²) >= 11 is 3.26. The fourth-order valence-electron chi connectivity index (χ4n) is 2.65. The summed E-state index contributed by atoms with van der Waals surface area (Å²) in [6.07, 6.45) is 1.55. The minimum absolute atomic E-state index is 0.116. The third kappa shape index (κ3) is 4.64. The Bertz CT molecular complexity index is 1120. The first kappa shape index (κ1) is 20.2. The normalized spacial score (nSPS) is 12.0. The van der Waals surface area contributed by atoms with E-state index >= 15 is 0 Å². The van der Waals surface area contributed by atoms with Crippen LogP contribution >= 0.6 is 15.9 Å². The van der Waals surface area contributed by atoms with Crippen molar-refractivity contribution in [3.05, 3.63) is 76.8 Å². The average molecular weight is 460 g/mol. The molecule has 1 amide bonds. The van der Waals surface area contributed by atoms with Crippen molar-refractivity contribution in [2.45, 2.75) is 4.90 Å². The summed E-state index contributed by atoms with van der Waals surface area (Å²) in [4.78, 5) is 12.2. The fourth-order valence-corrected chi connectivity index (χ4v) is 4.04. The van der Waals surface area contributed by atoms with Gasteiger partial charge in [-0.3, -0.25) is 4.79 Å². The van der Waals surface area contributed by atoms with Crippen LogP contribution in [0.2, 0.25) is 0 Å². The van der Waals surface area contributed by atoms with E-state index in [-0.39, 0.29) is 11.4 Å². The van der Waals surface area contributed by atoms with E-state index < -0.39 is 15.9 Å². The molecule has 0 fully saturated rings. The van der Waals surface area contributed by atoms with Gasteiger partial charge in [0.25, 0.3) is 5.91 Å². The smallest absolute Gasteiger partial charge is 0.255 e. The summed E-state index contributed by atoms with van der Waals surface area (Å²) in [7, 11) is -2.40. The third-order valence-electron chi connectivity index (χ3n) is 4.10. The van der Waals surface area contributed by atoms with Crippen molar-refractivity contribution in [3.8, 4) is 0 Å². The van der Waals surface area contributed by atoms with Crippen LogP contribution in [0.25, 0.3) is 10.8 Å². The maximum atomic E-state index is 12.5. The lowest BCUT2D eigenvalue weighted by atomic mass is 10.1. The molecule has 0 radical (unpaired) electrons. The van der Waals surface area contributed by atoms with Crippen LogP contribution in [0.3, 0.4) is 0 Å². The first-order chi connectivity index (χ1) is 13.4. The van der Waals surface area contributed by atoms with Crippen molar-refractivity contribution in [1.82, 2.24) is 9.73 Å². The van der Waals surface area contributed by atoms with Crippen LogP contribution in [0, 0.1) is 0 Å². The number of benzene rings is 3. The minimum Gasteiger partial charge on any atom is -0.272 e. The highest BCUT2D eigenvalue weighted by atomic mass is 79.9. The molecule has 0 aliphatic heterocycles. The van der Waals surface area contributed by atoms with Gasteiger partial charge in [0.2, 0.25) is 10.0 Å². The van der Waals surface area contributed by atoms with Crippen LogP contribution in [0.1, 0.15) is 5.56 Å². The second-order valence-corrected chi connectivity index (χ2v) is 9.04. The number of hydrogen-bond donors (Lipinski definition) is 1. The van der Waals surface area contributed by atoms with E-state index in [2.05, 4.69) is 26.5 Å². The Morgan fingerprint density at radius 3 is 2.50 bits per heavy atom. The number of likely N-dealkylation sites (N-methyl/N-ethyl adjacent to an activating group) is 1. The number of nitrogens with zero attached hydrogens (tertiary/aromatic N) is 2. The molecular formula is C20H18BrN3O3S. The first-order valence-electron chi connectivity index (χ1n) is 8.39. The zero-order valence-electron chi connectivity index (χ0n) is 15.0. The molecule has 0 saturated carbocycles. The predicted molar refractivity (Wildman–Crippen MR) is 114 cm³/mol. The summed E-state index contributed by atoms with van der Waals surface area (Å²) in [5, 5.41) is 6.04. The molecule has 0 heterocycles. The molecule has 144 valence electrons. The van der Waals surface area contributed by atoms with E-state index in [0.29, 0.717) is 0 Å². The lowest BCUT2D eigenvalue weighted by Gasteiger charge is -2.16. The molecular weight excluding hydrogens is 442 g/mol. The molecule has 3 aromatic rings. The van der Waals surface area contributed by atoms with Crippen molar-refractivity contribution < 1.29 is 13.2 Å². The van der Waals surface area contributed by atoms with E-state index in [4.69, 9.17) is 0 Å². The number of rotatable bonds is 6. The number of hydrogen-bond acceptors (Lipinski definition) is 4. The molecule has 0 saturated heterocycles. The number of amides is 1. The van der Waals surface area contributed by atoms with Crippen molar-refractivity contribution in [3.63, 3.8) is 0 Å². The standard InChI is InChI=1S/C20H18BrN3O3S/c1-24(28(26,27)18-11-9-17(21)10-12-18)14-20(25)23-22-13-16-7-4-6-15-5-2-3-8-19(15)16/h2-13H,14H2,1H3,(H,23,25)/b22-13-. The summed E-state index contributed by atoms with van der Waals surface area (Å²) in [5.74, 6) is -0.528. The number of halogens is 1. The van der Waals surface area contributed by atoms with Crippen LogP contribution < -0.4 is 5.43 Å². The van der Waals surface area contributed by atoms with Gasteiger partial charge in [-0.25, -0.2) is 13.8 Å². The molecule has 0 bridgehead atoms. The van der Waals surface area contributed by atoms with Crippen molar-refractivity contribution >= 4 is 48.8 Å². The van der Waals surface area contributed by atoms with E-state index in [0.717, 1.165) is 25.1 Å². The zero-order valence-corrected chi connectivity index (χ0v) is 17.4. The number of nitrogens with one attached hydrogen (secondary N) is 1. The van der Waals surface area contributed by atoms with E-state index in [9.17, 15) is 13.2 Å². The third-order valence-corrected chi connectivity index (χ3v) is 6.45. The predicted octanol–water partition coefficient (Wildman–Crippen LogP) is 3.37. The summed E-state index contributed by atoms with van der Waals surface area (Å²) in [6, 6.07) is 19.9. The molecule has 3 aromatic carbocycles. The van der Waals surface area contributed by atoms with Crippen LogP contribution in [0.5, 0.6) is 0 Å². The van der Waals surface area contributed by atoms with Crippen LogP contribution in [0.15, 0.2) is 81.2 Å². The van der Waals surface area contributed by atoms with Crippen molar-refractivity contribution in [2.24, 2.45) is 5.10 Å². The Morgan fingerprint density at radius 1 is 1.07 bits per heavy atom. The van der Waals surface area contributed by atoms with E-state index in [1.54, 1.807) is 18.3 Å². The maximum Gasteiger partial charge on any atom is 0.255 e. The molecule has 0 unspecified atom stereocenters. The molecule has 0 aromatic heterocycles. The monoisotopic (exact) mass is 459 g/mol. The van der Waals surface area contributed by atoms with Gasteiger partial charge in [0, 0.05) is 17.1 Å². The van der Waals surface area contributed by atoms with E-state index in [1.807, 2.05) is 42.5 Å². The molecule has 1 N–H and O–H groups in total. The lowest BCUT2D eigenvalue weighted by molar-refractivity contribution is -0.121. The Kier molecular flexibility index (Phi) is 6.23. The molecule has 6 nitrogen and oxygen atoms in total. The van der Waals surface area contributed by atoms with Gasteiger partial charge in [0.15, 0.2) is 0 Å². The topological polar surface area (TPSA) is 78.8 Å². The van der Waals surface area contributed by atoms with Crippen LogP contribution in [-0.4, -0.2) is 38.4 Å². The van der Waals surface area contributed by atoms with Gasteiger partial charge in [-0.2, -0.15) is 9.41 Å². The second kappa shape index (κ2) is 8.64. The van der Waals surface area contributed by atoms with Gasteiger partial charge >= 0.3 is 0 Å². The van der Waals surface area contributed by atoms with Gasteiger partial charge in [-0.05, 0) is 35.0 Å². The molecule has 0 aliphatic carbocycles. The molecule has 0 aliphatic rings. The Morgan fingerprint density at radius 2 is 1.75 bits per heavy atom. The zero-order chi connectivity index (χ0) is 20.1. The summed E-state index contributed by atoms with van der Waals surface area (Å²) in [6.45, 7) is -0.342. The number of carbonyl (C=O) groups excluding carboxylic acids is 1. The quantitative estimate of drug-likeness (QED) is 0.453. The van der Waals surface area contributed by atoms with Gasteiger partial charge in [0.05, 0.1) is 17.7 Å². The molecule has 8 heteroatoms. The SMILES string of the molecule is CN(CC(=O)N/N=C\c1cccc2ccccc12)S(=O)(=O)c1ccc(Br)cc1. The average Bonchev–Trinajstić information content (AvgIpc) is 2.68. The summed E-state index contributed by atoms with van der Waals surface area (Å²) in [5.41, 5.74) is 3.23.